The Morgan fingerprint density at radius 3 is 2.22 bits per heavy atom. The predicted molar refractivity (Wildman–Crippen MR) is 62.6 cm³/mol. The second kappa shape index (κ2) is 4.33. The van der Waals surface area contributed by atoms with Crippen molar-refractivity contribution >= 4 is 6.09 Å². The molecular weight excluding hydrogens is 242 g/mol. The Morgan fingerprint density at radius 1 is 1.28 bits per heavy atom. The number of hydrogen-bond donors (Lipinski definition) is 1. The number of halogens is 2. The van der Waals surface area contributed by atoms with E-state index in [1.54, 1.807) is 20.8 Å². The molecule has 2 aliphatic rings. The quantitative estimate of drug-likeness (QED) is 0.722. The molecule has 2 heterocycles. The van der Waals surface area contributed by atoms with E-state index in [0.717, 1.165) is 0 Å². The molecule has 0 aliphatic carbocycles. The number of fused-ring (bicyclic) bond motifs is 2. The first kappa shape index (κ1) is 13.5. The first-order valence-electron chi connectivity index (χ1n) is 6.26. The Hall–Kier alpha value is -0.910. The second-order valence-corrected chi connectivity index (χ2v) is 6.11. The van der Waals surface area contributed by atoms with E-state index in [2.05, 4.69) is 5.32 Å². The molecule has 0 radical (unpaired) electrons. The minimum Gasteiger partial charge on any atom is -0.444 e. The smallest absolute Gasteiger partial charge is 0.410 e. The van der Waals surface area contributed by atoms with Crippen molar-refractivity contribution in [3.05, 3.63) is 0 Å². The predicted octanol–water partition coefficient (Wildman–Crippen LogP) is 1.71. The van der Waals surface area contributed by atoms with Gasteiger partial charge in [-0.1, -0.05) is 0 Å². The fraction of sp³-hybridized carbons (Fsp3) is 0.917. The number of hydrogen-bond acceptors (Lipinski definition) is 3. The first-order valence-corrected chi connectivity index (χ1v) is 6.26. The summed E-state index contributed by atoms with van der Waals surface area (Å²) in [4.78, 5) is 13.3. The van der Waals surface area contributed by atoms with Gasteiger partial charge in [0.1, 0.15) is 5.60 Å². The van der Waals surface area contributed by atoms with Crippen LogP contribution in [0.2, 0.25) is 0 Å². The topological polar surface area (TPSA) is 41.6 Å². The SMILES string of the molecule is CC(C)(C)OC(=O)N1CC2CNCC(C1)C2(F)F. The summed E-state index contributed by atoms with van der Waals surface area (Å²) in [5, 5.41) is 2.99. The fourth-order valence-electron chi connectivity index (χ4n) is 2.49. The molecule has 2 saturated heterocycles. The largest absolute Gasteiger partial charge is 0.444 e. The van der Waals surface area contributed by atoms with E-state index in [-0.39, 0.29) is 26.2 Å². The zero-order valence-electron chi connectivity index (χ0n) is 11.0. The lowest BCUT2D eigenvalue weighted by atomic mass is 9.82. The van der Waals surface area contributed by atoms with Gasteiger partial charge in [-0.25, -0.2) is 13.6 Å². The minimum absolute atomic E-state index is 0.0609. The third-order valence-electron chi connectivity index (χ3n) is 3.40. The average Bonchev–Trinajstić information content (AvgIpc) is 2.11. The number of alkyl halides is 2. The van der Waals surface area contributed by atoms with Crippen LogP contribution in [0.15, 0.2) is 0 Å². The summed E-state index contributed by atoms with van der Waals surface area (Å²) in [6, 6.07) is 0. The number of nitrogens with one attached hydrogen (secondary N) is 1. The number of nitrogens with zero attached hydrogens (tertiary/aromatic N) is 1. The van der Waals surface area contributed by atoms with Crippen LogP contribution in [0.1, 0.15) is 20.8 Å². The molecule has 18 heavy (non-hydrogen) atoms. The van der Waals surface area contributed by atoms with E-state index in [9.17, 15) is 13.6 Å². The number of rotatable bonds is 0. The summed E-state index contributed by atoms with van der Waals surface area (Å²) >= 11 is 0. The third kappa shape index (κ3) is 2.58. The Morgan fingerprint density at radius 2 is 1.78 bits per heavy atom. The van der Waals surface area contributed by atoms with Gasteiger partial charge in [0.25, 0.3) is 5.92 Å². The standard InChI is InChI=1S/C12H20F2N2O2/c1-11(2,3)18-10(17)16-6-8-4-15-5-9(7-16)12(8,13)14/h8-9,15H,4-7H2,1-3H3. The lowest BCUT2D eigenvalue weighted by molar-refractivity contribution is -0.160. The summed E-state index contributed by atoms with van der Waals surface area (Å²) in [7, 11) is 0. The van der Waals surface area contributed by atoms with Gasteiger partial charge >= 0.3 is 6.09 Å². The molecule has 1 N–H and O–H groups in total. The maximum atomic E-state index is 13.9. The van der Waals surface area contributed by atoms with Crippen molar-refractivity contribution in [3.63, 3.8) is 0 Å². The van der Waals surface area contributed by atoms with Gasteiger partial charge in [0, 0.05) is 26.2 Å². The summed E-state index contributed by atoms with van der Waals surface area (Å²) < 4.78 is 33.0. The highest BCUT2D eigenvalue weighted by Crippen LogP contribution is 2.40. The van der Waals surface area contributed by atoms with Gasteiger partial charge in [-0.3, -0.25) is 0 Å². The van der Waals surface area contributed by atoms with Crippen molar-refractivity contribution < 1.29 is 18.3 Å². The van der Waals surface area contributed by atoms with Crippen molar-refractivity contribution in [1.29, 1.82) is 0 Å². The van der Waals surface area contributed by atoms with Crippen molar-refractivity contribution in [2.24, 2.45) is 11.8 Å². The van der Waals surface area contributed by atoms with E-state index in [1.165, 1.54) is 4.90 Å². The molecule has 104 valence electrons. The summed E-state index contributed by atoms with van der Waals surface area (Å²) in [6.07, 6.45) is -0.491. The second-order valence-electron chi connectivity index (χ2n) is 6.11. The highest BCUT2D eigenvalue weighted by molar-refractivity contribution is 5.68. The molecule has 1 amide bonds. The van der Waals surface area contributed by atoms with Crippen molar-refractivity contribution in [3.8, 4) is 0 Å². The monoisotopic (exact) mass is 262 g/mol. The summed E-state index contributed by atoms with van der Waals surface area (Å²) in [5.74, 6) is -4.29. The van der Waals surface area contributed by atoms with E-state index in [1.807, 2.05) is 0 Å². The van der Waals surface area contributed by atoms with E-state index < -0.39 is 29.5 Å². The molecule has 0 aromatic carbocycles. The lowest BCUT2D eigenvalue weighted by Crippen LogP contribution is -2.63. The van der Waals surface area contributed by atoms with Gasteiger partial charge in [0.05, 0.1) is 11.8 Å². The van der Waals surface area contributed by atoms with Crippen LogP contribution in [-0.2, 0) is 4.74 Å². The Labute approximate surface area is 106 Å². The van der Waals surface area contributed by atoms with Crippen LogP contribution in [-0.4, -0.2) is 48.7 Å². The van der Waals surface area contributed by atoms with E-state index in [0.29, 0.717) is 0 Å². The molecule has 0 spiro atoms. The highest BCUT2D eigenvalue weighted by Gasteiger charge is 2.54. The zero-order valence-corrected chi connectivity index (χ0v) is 11.0. The molecule has 2 atom stereocenters. The number of carbonyl (C=O) groups is 1. The number of ether oxygens (including phenoxy) is 1. The van der Waals surface area contributed by atoms with Crippen molar-refractivity contribution in [2.75, 3.05) is 26.2 Å². The number of piperidine rings is 2. The molecule has 6 heteroatoms. The Bertz CT molecular complexity index is 325. The summed E-state index contributed by atoms with van der Waals surface area (Å²) in [5.41, 5.74) is -0.593. The van der Waals surface area contributed by atoms with Crippen LogP contribution >= 0.6 is 0 Å². The minimum atomic E-state index is -2.68. The molecule has 2 fully saturated rings. The molecule has 2 aliphatic heterocycles. The van der Waals surface area contributed by atoms with Gasteiger partial charge in [-0.15, -0.1) is 0 Å². The molecule has 2 rings (SSSR count). The van der Waals surface area contributed by atoms with Gasteiger partial charge in [0.2, 0.25) is 0 Å². The van der Waals surface area contributed by atoms with Crippen LogP contribution in [0.5, 0.6) is 0 Å². The van der Waals surface area contributed by atoms with E-state index >= 15 is 0 Å². The van der Waals surface area contributed by atoms with Crippen LogP contribution in [0.25, 0.3) is 0 Å². The molecule has 0 saturated carbocycles. The molecule has 2 unspecified atom stereocenters. The maximum absolute atomic E-state index is 13.9. The Kier molecular flexibility index (Phi) is 3.25. The molecule has 0 aromatic rings. The summed E-state index contributed by atoms with van der Waals surface area (Å²) in [6.45, 7) is 5.94. The van der Waals surface area contributed by atoms with Crippen LogP contribution in [0.4, 0.5) is 13.6 Å². The number of carbonyl (C=O) groups excluding carboxylic acids is 1. The highest BCUT2D eigenvalue weighted by atomic mass is 19.3. The van der Waals surface area contributed by atoms with Crippen molar-refractivity contribution in [1.82, 2.24) is 10.2 Å². The lowest BCUT2D eigenvalue weighted by Gasteiger charge is -2.47. The van der Waals surface area contributed by atoms with Gasteiger partial charge in [-0.05, 0) is 20.8 Å². The average molecular weight is 262 g/mol. The first-order chi connectivity index (χ1) is 8.20. The maximum Gasteiger partial charge on any atom is 0.410 e. The van der Waals surface area contributed by atoms with Gasteiger partial charge in [-0.2, -0.15) is 0 Å². The van der Waals surface area contributed by atoms with Crippen LogP contribution in [0.3, 0.4) is 0 Å². The van der Waals surface area contributed by atoms with Gasteiger partial charge < -0.3 is 15.0 Å². The molecule has 2 bridgehead atoms. The zero-order chi connectivity index (χ0) is 13.6. The Balaban J connectivity index is 2.04. The normalized spacial score (nSPS) is 31.1. The van der Waals surface area contributed by atoms with E-state index in [4.69, 9.17) is 4.74 Å². The van der Waals surface area contributed by atoms with Crippen molar-refractivity contribution in [2.45, 2.75) is 32.3 Å². The fourth-order valence-corrected chi connectivity index (χ4v) is 2.49. The third-order valence-corrected chi connectivity index (χ3v) is 3.40. The van der Waals surface area contributed by atoms with Crippen LogP contribution < -0.4 is 5.32 Å². The molecule has 0 aromatic heterocycles. The van der Waals surface area contributed by atoms with Crippen LogP contribution in [0, 0.1) is 11.8 Å². The van der Waals surface area contributed by atoms with Gasteiger partial charge in [0.15, 0.2) is 0 Å². The molecular formula is C12H20F2N2O2. The number of likely N-dealkylation sites (tertiary alicyclic amines) is 1. The molecule has 4 nitrogen and oxygen atoms in total. The number of amides is 1.